The summed E-state index contributed by atoms with van der Waals surface area (Å²) in [6.07, 6.45) is 4.08. The van der Waals surface area contributed by atoms with Gasteiger partial charge in [0.15, 0.2) is 0 Å². The molecule has 2 aromatic carbocycles. The molecule has 2 amide bonds. The van der Waals surface area contributed by atoms with Crippen molar-refractivity contribution in [1.82, 2.24) is 14.9 Å². The van der Waals surface area contributed by atoms with E-state index in [0.717, 1.165) is 30.8 Å². The van der Waals surface area contributed by atoms with Crippen LogP contribution in [0, 0.1) is 0 Å². The number of methoxy groups -OCH3 is 1. The summed E-state index contributed by atoms with van der Waals surface area (Å²) >= 11 is 0. The molecule has 0 unspecified atom stereocenters. The Hall–Kier alpha value is -3.40. The molecule has 1 saturated heterocycles. The first-order valence-corrected chi connectivity index (χ1v) is 13.1. The second kappa shape index (κ2) is 9.41. The molecule has 3 heterocycles. The van der Waals surface area contributed by atoms with E-state index in [9.17, 15) is 14.7 Å². The number of rotatable bonds is 6. The SMILES string of the molecule is CO[C@@]1(N(C(=O)O)[C@H]2C=C[C@@]34CCN(C)Cc5cccc(c53)O[C@H]4C2)CCN(OCc2ccccc2)C1=O. The Kier molecular flexibility index (Phi) is 6.17. The standard InChI is InChI=1S/C29H33N3O6/c1-30-15-13-28-12-11-22(17-24(28)38-23-10-6-9-21(18-30)25(23)28)32(27(34)35)29(36-2)14-16-31(26(29)33)37-19-20-7-4-3-5-8-20/h3-12,22,24H,13-19H2,1-2H3,(H,34,35)/t22-,24-,28-,29-/m0/s1. The number of carboxylic acid groups (broad SMARTS) is 1. The fourth-order valence-electron chi connectivity index (χ4n) is 6.67. The fourth-order valence-corrected chi connectivity index (χ4v) is 6.67. The minimum absolute atomic E-state index is 0.166. The molecular weight excluding hydrogens is 486 g/mol. The summed E-state index contributed by atoms with van der Waals surface area (Å²) in [6.45, 7) is 2.18. The number of hydrogen-bond donors (Lipinski definition) is 1. The summed E-state index contributed by atoms with van der Waals surface area (Å²) in [4.78, 5) is 35.7. The Balaban J connectivity index is 1.28. The van der Waals surface area contributed by atoms with Crippen LogP contribution in [-0.4, -0.2) is 77.1 Å². The summed E-state index contributed by atoms with van der Waals surface area (Å²) < 4.78 is 12.2. The second-order valence-electron chi connectivity index (χ2n) is 10.6. The van der Waals surface area contributed by atoms with Crippen LogP contribution in [0.4, 0.5) is 4.79 Å². The number of hydrogen-bond acceptors (Lipinski definition) is 6. The van der Waals surface area contributed by atoms with Gasteiger partial charge in [-0.15, -0.1) is 0 Å². The number of amides is 2. The highest BCUT2D eigenvalue weighted by Gasteiger charge is 2.59. The molecule has 1 aliphatic carbocycles. The molecule has 0 saturated carbocycles. The van der Waals surface area contributed by atoms with Gasteiger partial charge in [0.2, 0.25) is 5.72 Å². The lowest BCUT2D eigenvalue weighted by molar-refractivity contribution is -0.204. The molecule has 0 radical (unpaired) electrons. The van der Waals surface area contributed by atoms with Crippen molar-refractivity contribution in [3.05, 3.63) is 77.4 Å². The third kappa shape index (κ3) is 3.80. The quantitative estimate of drug-likeness (QED) is 0.461. The highest BCUT2D eigenvalue weighted by atomic mass is 16.7. The largest absolute Gasteiger partial charge is 0.489 e. The molecule has 2 aromatic rings. The van der Waals surface area contributed by atoms with Gasteiger partial charge in [-0.1, -0.05) is 54.6 Å². The van der Waals surface area contributed by atoms with Gasteiger partial charge in [-0.3, -0.25) is 14.5 Å². The summed E-state index contributed by atoms with van der Waals surface area (Å²) in [7, 11) is 3.51. The van der Waals surface area contributed by atoms with Crippen molar-refractivity contribution in [1.29, 1.82) is 0 Å². The lowest BCUT2D eigenvalue weighted by Crippen LogP contribution is -2.62. The maximum Gasteiger partial charge on any atom is 0.410 e. The average molecular weight is 520 g/mol. The van der Waals surface area contributed by atoms with Crippen molar-refractivity contribution in [3.8, 4) is 5.75 Å². The molecule has 38 heavy (non-hydrogen) atoms. The first-order valence-electron chi connectivity index (χ1n) is 13.1. The maximum atomic E-state index is 13.6. The van der Waals surface area contributed by atoms with Gasteiger partial charge in [0.1, 0.15) is 18.5 Å². The van der Waals surface area contributed by atoms with E-state index in [1.807, 2.05) is 48.5 Å². The molecule has 9 heteroatoms. The van der Waals surface area contributed by atoms with E-state index in [1.165, 1.54) is 28.2 Å². The lowest BCUT2D eigenvalue weighted by Gasteiger charge is -2.44. The molecular formula is C29H33N3O6. The van der Waals surface area contributed by atoms with Crippen LogP contribution < -0.4 is 4.74 Å². The predicted octanol–water partition coefficient (Wildman–Crippen LogP) is 3.54. The Morgan fingerprint density at radius 3 is 2.74 bits per heavy atom. The van der Waals surface area contributed by atoms with Crippen LogP contribution in [0.25, 0.3) is 0 Å². The van der Waals surface area contributed by atoms with Crippen LogP contribution in [0.1, 0.15) is 36.0 Å². The van der Waals surface area contributed by atoms with E-state index >= 15 is 0 Å². The van der Waals surface area contributed by atoms with E-state index in [1.54, 1.807) is 0 Å². The van der Waals surface area contributed by atoms with Crippen LogP contribution >= 0.6 is 0 Å². The Labute approximate surface area is 222 Å². The molecule has 3 aliphatic heterocycles. The van der Waals surface area contributed by atoms with Crippen molar-refractivity contribution in [2.24, 2.45) is 0 Å². The Bertz CT molecular complexity index is 1270. The van der Waals surface area contributed by atoms with Gasteiger partial charge in [-0.25, -0.2) is 9.86 Å². The zero-order valence-electron chi connectivity index (χ0n) is 21.7. The Morgan fingerprint density at radius 1 is 1.16 bits per heavy atom. The summed E-state index contributed by atoms with van der Waals surface area (Å²) in [5.74, 6) is 0.356. The highest BCUT2D eigenvalue weighted by Crippen LogP contribution is 2.53. The fraction of sp³-hybridized carbons (Fsp3) is 0.448. The molecule has 200 valence electrons. The van der Waals surface area contributed by atoms with Crippen molar-refractivity contribution >= 4 is 12.0 Å². The molecule has 1 fully saturated rings. The van der Waals surface area contributed by atoms with Gasteiger partial charge in [0.05, 0.1) is 18.0 Å². The normalized spacial score (nSPS) is 29.9. The number of ether oxygens (including phenoxy) is 2. The van der Waals surface area contributed by atoms with Gasteiger partial charge >= 0.3 is 6.09 Å². The molecule has 1 spiro atoms. The van der Waals surface area contributed by atoms with Gasteiger partial charge in [0.25, 0.3) is 5.91 Å². The Morgan fingerprint density at radius 2 is 1.97 bits per heavy atom. The van der Waals surface area contributed by atoms with Crippen molar-refractivity contribution in [3.63, 3.8) is 0 Å². The smallest absolute Gasteiger partial charge is 0.410 e. The highest BCUT2D eigenvalue weighted by molar-refractivity contribution is 5.89. The van der Waals surface area contributed by atoms with Crippen LogP contribution in [0.5, 0.6) is 5.75 Å². The minimum atomic E-state index is -1.68. The molecule has 1 N–H and O–H groups in total. The van der Waals surface area contributed by atoms with Crippen LogP contribution in [-0.2, 0) is 32.9 Å². The van der Waals surface area contributed by atoms with Gasteiger partial charge in [0, 0.05) is 32.1 Å². The monoisotopic (exact) mass is 519 g/mol. The predicted molar refractivity (Wildman–Crippen MR) is 138 cm³/mol. The van der Waals surface area contributed by atoms with E-state index in [4.69, 9.17) is 14.3 Å². The third-order valence-electron chi connectivity index (χ3n) is 8.55. The number of hydroxylamine groups is 2. The molecule has 4 aliphatic rings. The molecule has 4 atom stereocenters. The maximum absolute atomic E-state index is 13.6. The summed E-state index contributed by atoms with van der Waals surface area (Å²) in [5, 5.41) is 11.6. The van der Waals surface area contributed by atoms with E-state index in [-0.39, 0.29) is 31.1 Å². The van der Waals surface area contributed by atoms with Crippen molar-refractivity contribution in [2.45, 2.75) is 55.7 Å². The number of benzene rings is 2. The lowest BCUT2D eigenvalue weighted by atomic mass is 9.68. The first-order chi connectivity index (χ1) is 18.4. The van der Waals surface area contributed by atoms with E-state index in [2.05, 4.69) is 24.1 Å². The van der Waals surface area contributed by atoms with Gasteiger partial charge in [-0.05, 0) is 37.2 Å². The third-order valence-corrected chi connectivity index (χ3v) is 8.55. The average Bonchev–Trinajstić information content (AvgIpc) is 3.36. The minimum Gasteiger partial charge on any atom is -0.489 e. The van der Waals surface area contributed by atoms with Crippen molar-refractivity contribution in [2.75, 3.05) is 27.2 Å². The van der Waals surface area contributed by atoms with Gasteiger partial charge in [-0.2, -0.15) is 0 Å². The molecule has 0 aromatic heterocycles. The van der Waals surface area contributed by atoms with Gasteiger partial charge < -0.3 is 19.5 Å². The van der Waals surface area contributed by atoms with E-state index in [0.29, 0.717) is 6.42 Å². The molecule has 6 rings (SSSR count). The first kappa shape index (κ1) is 24.9. The molecule has 0 bridgehead atoms. The zero-order valence-corrected chi connectivity index (χ0v) is 21.7. The number of carbonyl (C=O) groups excluding carboxylic acids is 1. The number of nitrogens with zero attached hydrogens (tertiary/aromatic N) is 3. The van der Waals surface area contributed by atoms with Crippen molar-refractivity contribution < 1.29 is 29.0 Å². The molecule has 9 nitrogen and oxygen atoms in total. The topological polar surface area (TPSA) is 91.8 Å². The van der Waals surface area contributed by atoms with Crippen LogP contribution in [0.15, 0.2) is 60.7 Å². The van der Waals surface area contributed by atoms with Crippen LogP contribution in [0.3, 0.4) is 0 Å². The van der Waals surface area contributed by atoms with Crippen LogP contribution in [0.2, 0.25) is 0 Å². The summed E-state index contributed by atoms with van der Waals surface area (Å²) in [5.41, 5.74) is 1.38. The second-order valence-corrected chi connectivity index (χ2v) is 10.6. The zero-order chi connectivity index (χ0) is 26.5. The summed E-state index contributed by atoms with van der Waals surface area (Å²) in [6, 6.07) is 15.1. The number of carbonyl (C=O) groups is 2. The van der Waals surface area contributed by atoms with E-state index < -0.39 is 23.8 Å².